The average molecular weight is 724 g/mol. The van der Waals surface area contributed by atoms with Crippen molar-refractivity contribution in [3.8, 4) is 29.0 Å². The van der Waals surface area contributed by atoms with Crippen LogP contribution in [0, 0.1) is 17.1 Å². The van der Waals surface area contributed by atoms with E-state index in [0.717, 1.165) is 37.6 Å². The van der Waals surface area contributed by atoms with Crippen LogP contribution in [-0.4, -0.2) is 94.2 Å². The van der Waals surface area contributed by atoms with Crippen LogP contribution < -0.4 is 14.4 Å². The van der Waals surface area contributed by atoms with Crippen LogP contribution in [0.3, 0.4) is 0 Å². The van der Waals surface area contributed by atoms with Crippen molar-refractivity contribution in [1.82, 2.24) is 19.8 Å². The molecule has 0 spiro atoms. The summed E-state index contributed by atoms with van der Waals surface area (Å²) in [5, 5.41) is 21.4. The minimum atomic E-state index is -1.09. The molecule has 4 fully saturated rings. The molecular formula is C36H34Cl2F2N6O4. The van der Waals surface area contributed by atoms with E-state index in [-0.39, 0.29) is 49.8 Å². The molecule has 50 heavy (non-hydrogen) atoms. The van der Waals surface area contributed by atoms with Crippen LogP contribution in [0.25, 0.3) is 32.8 Å². The summed E-state index contributed by atoms with van der Waals surface area (Å²) in [5.41, 5.74) is 1.02. The molecule has 260 valence electrons. The molecule has 1 saturated carbocycles. The maximum Gasteiger partial charge on any atom is 0.407 e. The molecule has 1 aromatic heterocycles. The molecule has 14 heteroatoms. The van der Waals surface area contributed by atoms with Crippen molar-refractivity contribution in [2.24, 2.45) is 0 Å². The Morgan fingerprint density at radius 3 is 2.76 bits per heavy atom. The molecule has 1 aliphatic carbocycles. The number of carboxylic acid groups (broad SMARTS) is 1. The minimum Gasteiger partial charge on any atom is -0.487 e. The highest BCUT2D eigenvalue weighted by Gasteiger charge is 2.49. The van der Waals surface area contributed by atoms with Crippen LogP contribution in [0.15, 0.2) is 36.4 Å². The average Bonchev–Trinajstić information content (AvgIpc) is 3.75. The van der Waals surface area contributed by atoms with E-state index < -0.39 is 29.7 Å². The van der Waals surface area contributed by atoms with Crippen LogP contribution in [0.1, 0.15) is 38.5 Å². The lowest BCUT2D eigenvalue weighted by Gasteiger charge is -2.40. The Morgan fingerprint density at radius 2 is 1.98 bits per heavy atom. The summed E-state index contributed by atoms with van der Waals surface area (Å²) in [6, 6.07) is 11.8. The molecule has 3 atom stereocenters. The molecule has 4 aromatic rings. The van der Waals surface area contributed by atoms with Crippen molar-refractivity contribution in [2.45, 2.75) is 62.4 Å². The van der Waals surface area contributed by atoms with Gasteiger partial charge in [-0.05, 0) is 55.3 Å². The lowest BCUT2D eigenvalue weighted by Crippen LogP contribution is -2.55. The molecule has 3 aromatic carbocycles. The van der Waals surface area contributed by atoms with E-state index in [1.807, 2.05) is 23.1 Å². The van der Waals surface area contributed by atoms with E-state index in [9.17, 15) is 23.9 Å². The Morgan fingerprint density at radius 1 is 1.14 bits per heavy atom. The number of halogens is 4. The van der Waals surface area contributed by atoms with E-state index in [1.165, 1.54) is 11.0 Å². The number of rotatable bonds is 8. The Bertz CT molecular complexity index is 2060. The van der Waals surface area contributed by atoms with Gasteiger partial charge in [0.25, 0.3) is 0 Å². The predicted octanol–water partition coefficient (Wildman–Crippen LogP) is 7.47. The van der Waals surface area contributed by atoms with Gasteiger partial charge in [0, 0.05) is 48.9 Å². The Hall–Kier alpha value is -4.18. The smallest absolute Gasteiger partial charge is 0.407 e. The van der Waals surface area contributed by atoms with Gasteiger partial charge in [-0.2, -0.15) is 15.2 Å². The SMILES string of the molecule is N#CC[C@H]1CN(c2nc(OC[C@@]34CCCN3C[C@H](F)C4)nc3c(OC4CC4)c(-c4cccc5ccc(F)c(Cl)c45)c(Cl)cc23)CCN1C(=O)O. The normalized spacial score (nSPS) is 23.7. The molecule has 10 nitrogen and oxygen atoms in total. The third-order valence-electron chi connectivity index (χ3n) is 10.5. The first-order chi connectivity index (χ1) is 24.2. The van der Waals surface area contributed by atoms with E-state index in [0.29, 0.717) is 57.0 Å². The summed E-state index contributed by atoms with van der Waals surface area (Å²) in [4.78, 5) is 27.2. The van der Waals surface area contributed by atoms with Crippen LogP contribution >= 0.6 is 23.2 Å². The van der Waals surface area contributed by atoms with Gasteiger partial charge in [0.1, 0.15) is 29.9 Å². The van der Waals surface area contributed by atoms with E-state index in [2.05, 4.69) is 11.0 Å². The number of ether oxygens (including phenoxy) is 2. The zero-order valence-corrected chi connectivity index (χ0v) is 28.6. The highest BCUT2D eigenvalue weighted by molar-refractivity contribution is 6.39. The first kappa shape index (κ1) is 33.0. The van der Waals surface area contributed by atoms with Crippen molar-refractivity contribution in [1.29, 1.82) is 5.26 Å². The second-order valence-electron chi connectivity index (χ2n) is 13.7. The van der Waals surface area contributed by atoms with Crippen molar-refractivity contribution >= 4 is 56.8 Å². The van der Waals surface area contributed by atoms with Gasteiger partial charge in [-0.1, -0.05) is 47.5 Å². The molecule has 4 heterocycles. The Balaban J connectivity index is 1.31. The highest BCUT2D eigenvalue weighted by atomic mass is 35.5. The maximum atomic E-state index is 14.9. The predicted molar refractivity (Wildman–Crippen MR) is 186 cm³/mol. The van der Waals surface area contributed by atoms with E-state index in [4.69, 9.17) is 42.6 Å². The number of nitrogens with zero attached hydrogens (tertiary/aromatic N) is 6. The third kappa shape index (κ3) is 5.79. The van der Waals surface area contributed by atoms with Gasteiger partial charge in [0.2, 0.25) is 0 Å². The van der Waals surface area contributed by atoms with Crippen LogP contribution in [-0.2, 0) is 0 Å². The summed E-state index contributed by atoms with van der Waals surface area (Å²) < 4.78 is 42.6. The number of alkyl halides is 1. The second-order valence-corrected chi connectivity index (χ2v) is 14.5. The van der Waals surface area contributed by atoms with Gasteiger partial charge >= 0.3 is 12.1 Å². The van der Waals surface area contributed by atoms with Crippen molar-refractivity contribution < 1.29 is 28.2 Å². The largest absolute Gasteiger partial charge is 0.487 e. The fourth-order valence-electron chi connectivity index (χ4n) is 7.94. The molecule has 4 aliphatic rings. The zero-order chi connectivity index (χ0) is 34.7. The van der Waals surface area contributed by atoms with Crippen LogP contribution in [0.4, 0.5) is 19.4 Å². The highest BCUT2D eigenvalue weighted by Crippen LogP contribution is 2.49. The molecule has 1 N–H and O–H groups in total. The number of piperazine rings is 1. The standard InChI is InChI=1S/C36H34Cl2F2N6O4/c37-26-15-25-31(32(50-23-6-7-23)29(26)24-4-1-3-20-5-8-27(40)30(38)28(20)24)42-34(49-19-36-10-2-12-45(36)17-21(39)16-36)43-33(25)44-13-14-46(35(47)48)22(18-44)9-11-41/h1,3-5,8,15,21-23H,2,6-7,9-10,12-14,16-19H2,(H,47,48)/t21-,22+,36+/m1/s1. The topological polar surface area (TPSA) is 115 Å². The molecule has 3 aliphatic heterocycles. The number of hydrogen-bond acceptors (Lipinski definition) is 8. The molecule has 1 amide bonds. The maximum absolute atomic E-state index is 14.9. The monoisotopic (exact) mass is 722 g/mol. The minimum absolute atomic E-state index is 0.00271. The fraction of sp³-hybridized carbons (Fsp3) is 0.444. The fourth-order valence-corrected chi connectivity index (χ4v) is 8.51. The number of aromatic nitrogens is 2. The Kier molecular flexibility index (Phi) is 8.48. The summed E-state index contributed by atoms with van der Waals surface area (Å²) in [7, 11) is 0. The summed E-state index contributed by atoms with van der Waals surface area (Å²) in [6.45, 7) is 2.00. The van der Waals surface area contributed by atoms with Crippen molar-refractivity contribution in [3.05, 3.63) is 52.3 Å². The Labute approximate surface area is 297 Å². The summed E-state index contributed by atoms with van der Waals surface area (Å²) in [5.74, 6) is 0.257. The van der Waals surface area contributed by atoms with E-state index >= 15 is 0 Å². The van der Waals surface area contributed by atoms with Crippen LogP contribution in [0.5, 0.6) is 11.8 Å². The van der Waals surface area contributed by atoms with Gasteiger partial charge in [-0.25, -0.2) is 13.6 Å². The molecule has 0 unspecified atom stereocenters. The number of hydrogen-bond donors (Lipinski definition) is 1. The quantitative estimate of drug-likeness (QED) is 0.198. The van der Waals surface area contributed by atoms with Gasteiger partial charge in [0.15, 0.2) is 5.75 Å². The lowest BCUT2D eigenvalue weighted by molar-refractivity contribution is 0.107. The number of amides is 1. The zero-order valence-electron chi connectivity index (χ0n) is 27.0. The lowest BCUT2D eigenvalue weighted by atomic mass is 9.95. The molecule has 8 rings (SSSR count). The first-order valence-electron chi connectivity index (χ1n) is 16.9. The van der Waals surface area contributed by atoms with Gasteiger partial charge in [-0.3, -0.25) is 4.90 Å². The third-order valence-corrected chi connectivity index (χ3v) is 11.1. The first-order valence-corrected chi connectivity index (χ1v) is 17.6. The second kappa shape index (κ2) is 12.9. The molecule has 3 saturated heterocycles. The van der Waals surface area contributed by atoms with Gasteiger partial charge in [-0.15, -0.1) is 0 Å². The summed E-state index contributed by atoms with van der Waals surface area (Å²) >= 11 is 13.8. The number of anilines is 1. The van der Waals surface area contributed by atoms with Crippen molar-refractivity contribution in [2.75, 3.05) is 44.2 Å². The molecular weight excluding hydrogens is 689 g/mol. The number of nitriles is 1. The van der Waals surface area contributed by atoms with Gasteiger partial charge in [0.05, 0.1) is 40.2 Å². The number of carbonyl (C=O) groups is 1. The number of benzene rings is 3. The number of fused-ring (bicyclic) bond motifs is 3. The van der Waals surface area contributed by atoms with Gasteiger partial charge < -0.3 is 24.4 Å². The summed E-state index contributed by atoms with van der Waals surface area (Å²) in [6.07, 6.45) is 1.65. The van der Waals surface area contributed by atoms with Crippen LogP contribution in [0.2, 0.25) is 10.0 Å². The molecule has 0 radical (unpaired) electrons. The van der Waals surface area contributed by atoms with Crippen molar-refractivity contribution in [3.63, 3.8) is 0 Å². The van der Waals surface area contributed by atoms with E-state index in [1.54, 1.807) is 12.1 Å². The molecule has 0 bridgehead atoms.